The van der Waals surface area contributed by atoms with Crippen molar-refractivity contribution in [1.82, 2.24) is 5.32 Å². The monoisotopic (exact) mass is 367 g/mol. The molecule has 4 heteroatoms. The van der Waals surface area contributed by atoms with Gasteiger partial charge >= 0.3 is 0 Å². The van der Waals surface area contributed by atoms with Crippen molar-refractivity contribution in [3.63, 3.8) is 0 Å². The lowest BCUT2D eigenvalue weighted by Crippen LogP contribution is -2.19. The lowest BCUT2D eigenvalue weighted by Gasteiger charge is -2.18. The molecule has 21 heavy (non-hydrogen) atoms. The van der Waals surface area contributed by atoms with Crippen molar-refractivity contribution >= 4 is 27.5 Å². The molecule has 0 aliphatic carbocycles. The predicted molar refractivity (Wildman–Crippen MR) is 92.5 cm³/mol. The van der Waals surface area contributed by atoms with E-state index in [-0.39, 0.29) is 0 Å². The normalized spacial score (nSPS) is 12.2. The maximum atomic E-state index is 6.11. The molecule has 1 atom stereocenters. The minimum atomic E-state index is 0.383. The van der Waals surface area contributed by atoms with Crippen molar-refractivity contribution in [2.24, 2.45) is 0 Å². The summed E-state index contributed by atoms with van der Waals surface area (Å²) in [5.74, 6) is 1.24. The average Bonchev–Trinajstić information content (AvgIpc) is 2.47. The van der Waals surface area contributed by atoms with Gasteiger partial charge in [-0.05, 0) is 64.8 Å². The fourth-order valence-corrected chi connectivity index (χ4v) is 3.22. The van der Waals surface area contributed by atoms with Gasteiger partial charge in [0, 0.05) is 17.5 Å². The highest BCUT2D eigenvalue weighted by molar-refractivity contribution is 9.10. The average molecular weight is 369 g/mol. The molecule has 0 saturated heterocycles. The van der Waals surface area contributed by atoms with E-state index in [0.717, 1.165) is 28.2 Å². The van der Waals surface area contributed by atoms with Crippen molar-refractivity contribution in [2.45, 2.75) is 12.3 Å². The van der Waals surface area contributed by atoms with E-state index in [2.05, 4.69) is 39.4 Å². The molecule has 1 N–H and O–H groups in total. The molecule has 0 heterocycles. The Morgan fingerprint density at radius 3 is 2.67 bits per heavy atom. The van der Waals surface area contributed by atoms with Gasteiger partial charge in [0.15, 0.2) is 0 Å². The van der Waals surface area contributed by atoms with Crippen LogP contribution in [0.2, 0.25) is 5.02 Å². The van der Waals surface area contributed by atoms with Crippen LogP contribution in [0.15, 0.2) is 46.9 Å². The third-order valence-corrected chi connectivity index (χ3v) is 4.32. The highest BCUT2D eigenvalue weighted by Gasteiger charge is 2.13. The topological polar surface area (TPSA) is 21.3 Å². The Hall–Kier alpha value is -1.03. The Bertz CT molecular complexity index is 603. The van der Waals surface area contributed by atoms with Crippen LogP contribution < -0.4 is 10.1 Å². The van der Waals surface area contributed by atoms with Gasteiger partial charge in [-0.2, -0.15) is 0 Å². The summed E-state index contributed by atoms with van der Waals surface area (Å²) in [6.45, 7) is 0.907. The van der Waals surface area contributed by atoms with Crippen LogP contribution in [0.4, 0.5) is 0 Å². The number of halogens is 2. The summed E-state index contributed by atoms with van der Waals surface area (Å²) in [4.78, 5) is 0. The lowest BCUT2D eigenvalue weighted by molar-refractivity contribution is 0.412. The molecule has 112 valence electrons. The zero-order chi connectivity index (χ0) is 15.2. The number of rotatable bonds is 6. The Balaban J connectivity index is 2.22. The summed E-state index contributed by atoms with van der Waals surface area (Å²) >= 11 is 9.65. The van der Waals surface area contributed by atoms with Crippen molar-refractivity contribution in [3.05, 3.63) is 63.1 Å². The molecule has 0 fully saturated rings. The molecule has 2 nitrogen and oxygen atoms in total. The molecule has 0 aromatic heterocycles. The molecule has 0 aliphatic heterocycles. The summed E-state index contributed by atoms with van der Waals surface area (Å²) < 4.78 is 6.26. The van der Waals surface area contributed by atoms with Crippen molar-refractivity contribution in [2.75, 3.05) is 20.7 Å². The maximum absolute atomic E-state index is 6.11. The Labute approximate surface area is 139 Å². The van der Waals surface area contributed by atoms with Gasteiger partial charge in [0.25, 0.3) is 0 Å². The molecule has 2 rings (SSSR count). The molecule has 2 aromatic carbocycles. The first kappa shape index (κ1) is 16.3. The molecule has 1 unspecified atom stereocenters. The molecule has 0 aliphatic rings. The maximum Gasteiger partial charge on any atom is 0.133 e. The Morgan fingerprint density at radius 1 is 1.24 bits per heavy atom. The van der Waals surface area contributed by atoms with E-state index in [9.17, 15) is 0 Å². The minimum absolute atomic E-state index is 0.383. The van der Waals surface area contributed by atoms with Gasteiger partial charge in [-0.3, -0.25) is 0 Å². The number of hydrogen-bond acceptors (Lipinski definition) is 2. The van der Waals surface area contributed by atoms with Crippen LogP contribution in [-0.4, -0.2) is 20.7 Å². The third-order valence-electron chi connectivity index (χ3n) is 3.47. The van der Waals surface area contributed by atoms with Crippen LogP contribution in [0.25, 0.3) is 0 Å². The van der Waals surface area contributed by atoms with Crippen molar-refractivity contribution in [3.8, 4) is 5.75 Å². The summed E-state index contributed by atoms with van der Waals surface area (Å²) in [6.07, 6.45) is 0.948. The van der Waals surface area contributed by atoms with Crippen LogP contribution in [0.3, 0.4) is 0 Å². The van der Waals surface area contributed by atoms with Gasteiger partial charge in [-0.25, -0.2) is 0 Å². The zero-order valence-electron chi connectivity index (χ0n) is 12.2. The second-order valence-electron chi connectivity index (χ2n) is 4.98. The van der Waals surface area contributed by atoms with Crippen LogP contribution in [-0.2, 0) is 6.42 Å². The standard InChI is InChI=1S/C17H19BrClNO/c1-20-11-14(13-4-3-5-15(19)10-13)8-12-6-7-17(21-2)16(18)9-12/h3-7,9-10,14,20H,8,11H2,1-2H3. The third kappa shape index (κ3) is 4.47. The molecular formula is C17H19BrClNO. The van der Waals surface area contributed by atoms with Gasteiger partial charge in [0.1, 0.15) is 5.75 Å². The van der Waals surface area contributed by atoms with Gasteiger partial charge in [0.2, 0.25) is 0 Å². The Kier molecular flexibility index (Phi) is 6.09. The largest absolute Gasteiger partial charge is 0.496 e. The number of methoxy groups -OCH3 is 1. The highest BCUT2D eigenvalue weighted by atomic mass is 79.9. The van der Waals surface area contributed by atoms with Crippen molar-refractivity contribution < 1.29 is 4.74 Å². The van der Waals surface area contributed by atoms with E-state index in [1.807, 2.05) is 31.3 Å². The van der Waals surface area contributed by atoms with E-state index < -0.39 is 0 Å². The van der Waals surface area contributed by atoms with Gasteiger partial charge in [-0.1, -0.05) is 29.8 Å². The predicted octanol–water partition coefficient (Wildman–Crippen LogP) is 4.66. The van der Waals surface area contributed by atoms with Gasteiger partial charge in [0.05, 0.1) is 11.6 Å². The fraction of sp³-hybridized carbons (Fsp3) is 0.294. The fourth-order valence-electron chi connectivity index (χ4n) is 2.44. The highest BCUT2D eigenvalue weighted by Crippen LogP contribution is 2.29. The molecule has 0 amide bonds. The summed E-state index contributed by atoms with van der Waals surface area (Å²) in [7, 11) is 3.65. The number of hydrogen-bond donors (Lipinski definition) is 1. The van der Waals surface area contributed by atoms with E-state index in [0.29, 0.717) is 5.92 Å². The molecule has 0 spiro atoms. The first-order valence-electron chi connectivity index (χ1n) is 6.86. The van der Waals surface area contributed by atoms with Crippen LogP contribution in [0.5, 0.6) is 5.75 Å². The van der Waals surface area contributed by atoms with Crippen LogP contribution in [0.1, 0.15) is 17.0 Å². The van der Waals surface area contributed by atoms with E-state index >= 15 is 0 Å². The van der Waals surface area contributed by atoms with Crippen LogP contribution >= 0.6 is 27.5 Å². The second-order valence-corrected chi connectivity index (χ2v) is 6.27. The van der Waals surface area contributed by atoms with E-state index in [1.54, 1.807) is 7.11 Å². The number of likely N-dealkylation sites (N-methyl/N-ethyl adjacent to an activating group) is 1. The molecule has 2 aromatic rings. The number of nitrogens with one attached hydrogen (secondary N) is 1. The summed E-state index contributed by atoms with van der Waals surface area (Å²) in [5.41, 5.74) is 2.52. The first-order chi connectivity index (χ1) is 10.1. The molecule has 0 bridgehead atoms. The minimum Gasteiger partial charge on any atom is -0.496 e. The zero-order valence-corrected chi connectivity index (χ0v) is 14.5. The summed E-state index contributed by atoms with van der Waals surface area (Å²) in [6, 6.07) is 14.3. The molecule has 0 saturated carbocycles. The summed E-state index contributed by atoms with van der Waals surface area (Å²) in [5, 5.41) is 4.05. The molecular weight excluding hydrogens is 350 g/mol. The lowest BCUT2D eigenvalue weighted by atomic mass is 9.92. The smallest absolute Gasteiger partial charge is 0.133 e. The quantitative estimate of drug-likeness (QED) is 0.801. The second kappa shape index (κ2) is 7.83. The van der Waals surface area contributed by atoms with E-state index in [1.165, 1.54) is 11.1 Å². The molecule has 0 radical (unpaired) electrons. The van der Waals surface area contributed by atoms with Gasteiger partial charge < -0.3 is 10.1 Å². The van der Waals surface area contributed by atoms with Gasteiger partial charge in [-0.15, -0.1) is 0 Å². The van der Waals surface area contributed by atoms with Crippen LogP contribution in [0, 0.1) is 0 Å². The first-order valence-corrected chi connectivity index (χ1v) is 8.03. The SMILES string of the molecule is CNCC(Cc1ccc(OC)c(Br)c1)c1cccc(Cl)c1. The number of ether oxygens (including phenoxy) is 1. The Morgan fingerprint density at radius 2 is 2.05 bits per heavy atom. The van der Waals surface area contributed by atoms with Crippen molar-refractivity contribution in [1.29, 1.82) is 0 Å². The number of benzene rings is 2. The van der Waals surface area contributed by atoms with E-state index in [4.69, 9.17) is 16.3 Å².